The summed E-state index contributed by atoms with van der Waals surface area (Å²) in [6.07, 6.45) is 2.82. The predicted octanol–water partition coefficient (Wildman–Crippen LogP) is 1.75. The maximum atomic E-state index is 12.2. The van der Waals surface area contributed by atoms with Crippen LogP contribution >= 0.6 is 11.8 Å². The van der Waals surface area contributed by atoms with Gasteiger partial charge in [0, 0.05) is 29.8 Å². The minimum atomic E-state index is -0.0539. The number of carbonyl (C=O) groups excluding carboxylic acids is 1. The molecule has 0 radical (unpaired) electrons. The highest BCUT2D eigenvalue weighted by Crippen LogP contribution is 2.30. The highest BCUT2D eigenvalue weighted by Gasteiger charge is 2.30. The molecule has 4 nitrogen and oxygen atoms in total. The van der Waals surface area contributed by atoms with Gasteiger partial charge in [0.25, 0.3) is 5.91 Å². The van der Waals surface area contributed by atoms with Gasteiger partial charge in [-0.3, -0.25) is 9.78 Å². The Kier molecular flexibility index (Phi) is 3.28. The second-order valence-corrected chi connectivity index (χ2v) is 6.57. The van der Waals surface area contributed by atoms with Crippen molar-refractivity contribution in [3.63, 3.8) is 0 Å². The lowest BCUT2D eigenvalue weighted by Gasteiger charge is -2.37. The van der Waals surface area contributed by atoms with E-state index in [1.54, 1.807) is 0 Å². The number of nitrogens with zero attached hydrogens (tertiary/aromatic N) is 2. The van der Waals surface area contributed by atoms with Crippen molar-refractivity contribution in [2.45, 2.75) is 18.6 Å². The molecule has 5 heteroatoms. The minimum absolute atomic E-state index is 0.0292. The largest absolute Gasteiger partial charge is 0.506 e. The first kappa shape index (κ1) is 12.2. The van der Waals surface area contributed by atoms with E-state index >= 15 is 0 Å². The summed E-state index contributed by atoms with van der Waals surface area (Å²) in [6, 6.07) is 1.46. The van der Waals surface area contributed by atoms with Gasteiger partial charge >= 0.3 is 0 Å². The number of thioether (sulfide) groups is 1. The lowest BCUT2D eigenvalue weighted by Crippen LogP contribution is -2.46. The number of amides is 1. The summed E-state index contributed by atoms with van der Waals surface area (Å²) in [6.45, 7) is 5.75. The molecule has 1 fully saturated rings. The van der Waals surface area contributed by atoms with Crippen molar-refractivity contribution < 1.29 is 9.90 Å². The molecular formula is C12H16N2O2S. The van der Waals surface area contributed by atoms with Crippen LogP contribution in [0.25, 0.3) is 0 Å². The van der Waals surface area contributed by atoms with E-state index in [0.717, 1.165) is 18.8 Å². The lowest BCUT2D eigenvalue weighted by atomic mass is 10.1. The van der Waals surface area contributed by atoms with Crippen LogP contribution in [0.2, 0.25) is 0 Å². The second-order valence-electron chi connectivity index (χ2n) is 4.77. The first-order valence-electron chi connectivity index (χ1n) is 5.55. The average molecular weight is 252 g/mol. The van der Waals surface area contributed by atoms with Gasteiger partial charge in [0.2, 0.25) is 0 Å². The van der Waals surface area contributed by atoms with Gasteiger partial charge in [0.15, 0.2) is 0 Å². The molecule has 1 aromatic rings. The molecule has 1 amide bonds. The molecule has 17 heavy (non-hydrogen) atoms. The van der Waals surface area contributed by atoms with Crippen LogP contribution in [0.3, 0.4) is 0 Å². The molecule has 1 N–H and O–H groups in total. The van der Waals surface area contributed by atoms with Crippen molar-refractivity contribution in [3.8, 4) is 5.75 Å². The van der Waals surface area contributed by atoms with E-state index in [1.807, 2.05) is 16.7 Å². The Morgan fingerprint density at radius 1 is 1.53 bits per heavy atom. The van der Waals surface area contributed by atoms with Crippen LogP contribution in [0.4, 0.5) is 0 Å². The summed E-state index contributed by atoms with van der Waals surface area (Å²) in [5.41, 5.74) is 0.452. The fourth-order valence-corrected chi connectivity index (χ4v) is 3.03. The summed E-state index contributed by atoms with van der Waals surface area (Å²) in [7, 11) is 0. The number of carbonyl (C=O) groups is 1. The van der Waals surface area contributed by atoms with Gasteiger partial charge in [-0.15, -0.1) is 0 Å². The smallest absolute Gasteiger partial charge is 0.255 e. The third-order valence-electron chi connectivity index (χ3n) is 2.68. The molecule has 1 aliphatic heterocycles. The zero-order valence-corrected chi connectivity index (χ0v) is 10.8. The lowest BCUT2D eigenvalue weighted by molar-refractivity contribution is 0.0747. The molecule has 2 rings (SSSR count). The molecular weight excluding hydrogens is 236 g/mol. The van der Waals surface area contributed by atoms with Crippen LogP contribution in [-0.2, 0) is 0 Å². The Hall–Kier alpha value is -1.23. The van der Waals surface area contributed by atoms with E-state index in [1.165, 1.54) is 18.5 Å². The highest BCUT2D eigenvalue weighted by molar-refractivity contribution is 8.00. The number of hydrogen-bond donors (Lipinski definition) is 1. The maximum Gasteiger partial charge on any atom is 0.255 e. The Morgan fingerprint density at radius 2 is 2.29 bits per heavy atom. The normalized spacial score (nSPS) is 19.1. The number of pyridine rings is 1. The van der Waals surface area contributed by atoms with Gasteiger partial charge in [0.1, 0.15) is 5.75 Å². The molecule has 1 saturated heterocycles. The summed E-state index contributed by atoms with van der Waals surface area (Å²) >= 11 is 1.88. The molecule has 0 unspecified atom stereocenters. The third kappa shape index (κ3) is 2.91. The van der Waals surface area contributed by atoms with Crippen molar-refractivity contribution in [3.05, 3.63) is 24.0 Å². The Bertz CT molecular complexity index is 434. The first-order chi connectivity index (χ1) is 7.98. The van der Waals surface area contributed by atoms with Gasteiger partial charge < -0.3 is 10.0 Å². The van der Waals surface area contributed by atoms with Crippen molar-refractivity contribution in [2.24, 2.45) is 0 Å². The van der Waals surface area contributed by atoms with Crippen molar-refractivity contribution >= 4 is 17.7 Å². The second kappa shape index (κ2) is 4.56. The molecule has 0 aromatic carbocycles. The standard InChI is InChI=1S/C12H16N2O2S/c1-12(2)8-14(3-4-17-12)11(16)9-5-10(15)7-13-6-9/h5-7,15H,3-4,8H2,1-2H3. The van der Waals surface area contributed by atoms with Gasteiger partial charge in [-0.2, -0.15) is 11.8 Å². The molecule has 0 saturated carbocycles. The SMILES string of the molecule is CC1(C)CN(C(=O)c2cncc(O)c2)CCS1. The summed E-state index contributed by atoms with van der Waals surface area (Å²) in [5, 5.41) is 9.33. The monoisotopic (exact) mass is 252 g/mol. The van der Waals surface area contributed by atoms with Crippen LogP contribution < -0.4 is 0 Å². The van der Waals surface area contributed by atoms with Crippen molar-refractivity contribution in [1.82, 2.24) is 9.88 Å². The summed E-state index contributed by atoms with van der Waals surface area (Å²) in [4.78, 5) is 17.9. The molecule has 1 aromatic heterocycles. The van der Waals surface area contributed by atoms with E-state index in [-0.39, 0.29) is 16.4 Å². The zero-order valence-electron chi connectivity index (χ0n) is 10.0. The van der Waals surface area contributed by atoms with Crippen molar-refractivity contribution in [1.29, 1.82) is 0 Å². The highest BCUT2D eigenvalue weighted by atomic mass is 32.2. The van der Waals surface area contributed by atoms with Gasteiger partial charge in [-0.05, 0) is 19.9 Å². The number of hydrogen-bond acceptors (Lipinski definition) is 4. The fraction of sp³-hybridized carbons (Fsp3) is 0.500. The third-order valence-corrected chi connectivity index (χ3v) is 3.98. The van der Waals surface area contributed by atoms with E-state index in [0.29, 0.717) is 5.56 Å². The first-order valence-corrected chi connectivity index (χ1v) is 6.54. The number of aromatic nitrogens is 1. The Morgan fingerprint density at radius 3 is 2.94 bits per heavy atom. The van der Waals surface area contributed by atoms with Gasteiger partial charge in [0.05, 0.1) is 11.8 Å². The molecule has 0 bridgehead atoms. The molecule has 0 spiro atoms. The molecule has 1 aliphatic rings. The van der Waals surface area contributed by atoms with E-state index < -0.39 is 0 Å². The fourth-order valence-electron chi connectivity index (χ4n) is 1.92. The molecule has 2 heterocycles. The van der Waals surface area contributed by atoms with E-state index in [2.05, 4.69) is 18.8 Å². The number of rotatable bonds is 1. The van der Waals surface area contributed by atoms with Crippen LogP contribution in [0.15, 0.2) is 18.5 Å². The van der Waals surface area contributed by atoms with Crippen LogP contribution in [-0.4, -0.2) is 44.5 Å². The van der Waals surface area contributed by atoms with Crippen molar-refractivity contribution in [2.75, 3.05) is 18.8 Å². The zero-order chi connectivity index (χ0) is 12.5. The average Bonchev–Trinajstić information content (AvgIpc) is 2.26. The Labute approximate surface area is 105 Å². The summed E-state index contributed by atoms with van der Waals surface area (Å²) < 4.78 is 0.0954. The van der Waals surface area contributed by atoms with E-state index in [9.17, 15) is 9.90 Å². The Balaban J connectivity index is 2.15. The minimum Gasteiger partial charge on any atom is -0.506 e. The van der Waals surface area contributed by atoms with Crippen LogP contribution in [0.5, 0.6) is 5.75 Å². The van der Waals surface area contributed by atoms with Crippen LogP contribution in [0.1, 0.15) is 24.2 Å². The van der Waals surface area contributed by atoms with Gasteiger partial charge in [-0.1, -0.05) is 0 Å². The quantitative estimate of drug-likeness (QED) is 0.827. The van der Waals surface area contributed by atoms with E-state index in [4.69, 9.17) is 0 Å². The molecule has 0 atom stereocenters. The summed E-state index contributed by atoms with van der Waals surface area (Å²) in [5.74, 6) is 0.925. The van der Waals surface area contributed by atoms with Gasteiger partial charge in [-0.25, -0.2) is 0 Å². The molecule has 0 aliphatic carbocycles. The molecule has 92 valence electrons. The number of aromatic hydroxyl groups is 1. The van der Waals surface area contributed by atoms with Crippen LogP contribution in [0, 0.1) is 0 Å². The maximum absolute atomic E-state index is 12.2. The predicted molar refractivity (Wildman–Crippen MR) is 68.3 cm³/mol. The topological polar surface area (TPSA) is 53.4 Å².